The van der Waals surface area contributed by atoms with Gasteiger partial charge in [-0.2, -0.15) is 0 Å². The van der Waals surface area contributed by atoms with E-state index in [0.717, 1.165) is 29.1 Å². The Balaban J connectivity index is 2.49. The molecule has 102 valence electrons. The fourth-order valence-corrected chi connectivity index (χ4v) is 2.46. The Morgan fingerprint density at radius 2 is 1.68 bits per heavy atom. The van der Waals surface area contributed by atoms with E-state index in [4.69, 9.17) is 4.42 Å². The van der Waals surface area contributed by atoms with Gasteiger partial charge < -0.3 is 9.52 Å². The minimum absolute atomic E-state index is 0.699. The molecule has 0 fully saturated rings. The van der Waals surface area contributed by atoms with Crippen LogP contribution < -0.4 is 0 Å². The van der Waals surface area contributed by atoms with Crippen LogP contribution in [0.4, 0.5) is 0 Å². The van der Waals surface area contributed by atoms with Crippen molar-refractivity contribution in [3.63, 3.8) is 0 Å². The average Bonchev–Trinajstić information content (AvgIpc) is 2.92. The van der Waals surface area contributed by atoms with E-state index < -0.39 is 5.60 Å². The zero-order valence-corrected chi connectivity index (χ0v) is 11.9. The predicted molar refractivity (Wildman–Crippen MR) is 78.0 cm³/mol. The molecule has 1 aromatic carbocycles. The van der Waals surface area contributed by atoms with Crippen molar-refractivity contribution in [2.24, 2.45) is 0 Å². The van der Waals surface area contributed by atoms with Crippen LogP contribution in [0, 0.1) is 0 Å². The summed E-state index contributed by atoms with van der Waals surface area (Å²) >= 11 is 0. The molecule has 19 heavy (non-hydrogen) atoms. The van der Waals surface area contributed by atoms with Crippen molar-refractivity contribution < 1.29 is 9.52 Å². The summed E-state index contributed by atoms with van der Waals surface area (Å²) in [5.41, 5.74) is 1.22. The van der Waals surface area contributed by atoms with Gasteiger partial charge >= 0.3 is 0 Å². The van der Waals surface area contributed by atoms with Crippen LogP contribution >= 0.6 is 0 Å². The predicted octanol–water partition coefficient (Wildman–Crippen LogP) is 4.52. The highest BCUT2D eigenvalue weighted by Gasteiger charge is 2.30. The monoisotopic (exact) mass is 258 g/mol. The SMILES string of the molecule is CCc1oc(-c2ccccc2)cc1C(O)(CC)CC. The molecule has 2 heteroatoms. The molecule has 0 unspecified atom stereocenters. The minimum Gasteiger partial charge on any atom is -0.461 e. The third-order valence-electron chi connectivity index (χ3n) is 3.86. The van der Waals surface area contributed by atoms with Crippen LogP contribution in [0.2, 0.25) is 0 Å². The first kappa shape index (κ1) is 13.9. The standard InChI is InChI=1S/C17H22O2/c1-4-15-14(17(18,5-2)6-3)12-16(19-15)13-10-8-7-9-11-13/h7-12,18H,4-6H2,1-3H3. The molecule has 1 heterocycles. The van der Waals surface area contributed by atoms with Crippen LogP contribution in [-0.4, -0.2) is 5.11 Å². The van der Waals surface area contributed by atoms with E-state index in [2.05, 4.69) is 6.92 Å². The summed E-state index contributed by atoms with van der Waals surface area (Å²) in [6.45, 7) is 6.08. The molecular formula is C17H22O2. The van der Waals surface area contributed by atoms with Gasteiger partial charge in [0.25, 0.3) is 0 Å². The Morgan fingerprint density at radius 1 is 1.05 bits per heavy atom. The Morgan fingerprint density at radius 3 is 2.21 bits per heavy atom. The smallest absolute Gasteiger partial charge is 0.134 e. The second kappa shape index (κ2) is 5.62. The summed E-state index contributed by atoms with van der Waals surface area (Å²) in [5.74, 6) is 1.73. The molecule has 2 nitrogen and oxygen atoms in total. The summed E-state index contributed by atoms with van der Waals surface area (Å²) in [6, 6.07) is 12.0. The topological polar surface area (TPSA) is 33.4 Å². The lowest BCUT2D eigenvalue weighted by Gasteiger charge is -2.24. The fraction of sp³-hybridized carbons (Fsp3) is 0.412. The zero-order chi connectivity index (χ0) is 13.9. The summed E-state index contributed by atoms with van der Waals surface area (Å²) in [5, 5.41) is 10.7. The normalized spacial score (nSPS) is 11.8. The van der Waals surface area contributed by atoms with Crippen LogP contribution in [0.25, 0.3) is 11.3 Å². The van der Waals surface area contributed by atoms with Crippen LogP contribution in [0.3, 0.4) is 0 Å². The van der Waals surface area contributed by atoms with Crippen LogP contribution in [-0.2, 0) is 12.0 Å². The van der Waals surface area contributed by atoms with Crippen molar-refractivity contribution in [1.29, 1.82) is 0 Å². The third kappa shape index (κ3) is 2.59. The lowest BCUT2D eigenvalue weighted by molar-refractivity contribution is 0.0267. The largest absolute Gasteiger partial charge is 0.461 e. The maximum Gasteiger partial charge on any atom is 0.134 e. The van der Waals surface area contributed by atoms with E-state index in [1.54, 1.807) is 0 Å². The number of hydrogen-bond acceptors (Lipinski definition) is 2. The van der Waals surface area contributed by atoms with Gasteiger partial charge in [-0.25, -0.2) is 0 Å². The van der Waals surface area contributed by atoms with Gasteiger partial charge in [-0.05, 0) is 18.9 Å². The van der Waals surface area contributed by atoms with Crippen LogP contribution in [0.1, 0.15) is 44.9 Å². The van der Waals surface area contributed by atoms with Gasteiger partial charge in [-0.15, -0.1) is 0 Å². The lowest BCUT2D eigenvalue weighted by atomic mass is 9.88. The fourth-order valence-electron chi connectivity index (χ4n) is 2.46. The zero-order valence-electron chi connectivity index (χ0n) is 11.9. The Kier molecular flexibility index (Phi) is 4.11. The number of aliphatic hydroxyl groups is 1. The van der Waals surface area contributed by atoms with E-state index in [9.17, 15) is 5.11 Å². The Bertz CT molecular complexity index is 521. The molecule has 1 N–H and O–H groups in total. The summed E-state index contributed by atoms with van der Waals surface area (Å²) < 4.78 is 5.94. The van der Waals surface area contributed by atoms with E-state index >= 15 is 0 Å². The first-order chi connectivity index (χ1) is 9.14. The molecule has 2 aromatic rings. The molecule has 0 spiro atoms. The highest BCUT2D eigenvalue weighted by Crippen LogP contribution is 2.36. The van der Waals surface area contributed by atoms with Crippen molar-refractivity contribution in [3.05, 3.63) is 47.7 Å². The molecule has 0 bridgehead atoms. The maximum absolute atomic E-state index is 10.7. The lowest BCUT2D eigenvalue weighted by Crippen LogP contribution is -2.24. The molecule has 0 atom stereocenters. The molecular weight excluding hydrogens is 236 g/mol. The van der Waals surface area contributed by atoms with Crippen LogP contribution in [0.15, 0.2) is 40.8 Å². The summed E-state index contributed by atoms with van der Waals surface area (Å²) in [6.07, 6.45) is 2.19. The molecule has 0 aliphatic carbocycles. The molecule has 0 saturated carbocycles. The highest BCUT2D eigenvalue weighted by atomic mass is 16.3. The summed E-state index contributed by atoms with van der Waals surface area (Å²) in [7, 11) is 0. The molecule has 2 rings (SSSR count). The van der Waals surface area contributed by atoms with Crippen LogP contribution in [0.5, 0.6) is 0 Å². The Hall–Kier alpha value is -1.54. The van der Waals surface area contributed by atoms with E-state index in [1.165, 1.54) is 0 Å². The van der Waals surface area contributed by atoms with Gasteiger partial charge in [0.15, 0.2) is 0 Å². The van der Waals surface area contributed by atoms with E-state index in [-0.39, 0.29) is 0 Å². The molecule has 0 aliphatic heterocycles. The summed E-state index contributed by atoms with van der Waals surface area (Å²) in [4.78, 5) is 0. The molecule has 0 amide bonds. The highest BCUT2D eigenvalue weighted by molar-refractivity contribution is 5.59. The van der Waals surface area contributed by atoms with Crippen molar-refractivity contribution >= 4 is 0 Å². The Labute approximate surface area is 115 Å². The van der Waals surface area contributed by atoms with Gasteiger partial charge in [-0.1, -0.05) is 51.1 Å². The second-order valence-electron chi connectivity index (χ2n) is 4.91. The van der Waals surface area contributed by atoms with Gasteiger partial charge in [0, 0.05) is 17.5 Å². The number of furan rings is 1. The quantitative estimate of drug-likeness (QED) is 0.855. The van der Waals surface area contributed by atoms with Crippen molar-refractivity contribution in [2.75, 3.05) is 0 Å². The first-order valence-corrected chi connectivity index (χ1v) is 7.05. The number of benzene rings is 1. The van der Waals surface area contributed by atoms with Crippen molar-refractivity contribution in [1.82, 2.24) is 0 Å². The first-order valence-electron chi connectivity index (χ1n) is 7.05. The number of rotatable bonds is 5. The maximum atomic E-state index is 10.7. The third-order valence-corrected chi connectivity index (χ3v) is 3.86. The van der Waals surface area contributed by atoms with Crippen molar-refractivity contribution in [3.8, 4) is 11.3 Å². The number of hydrogen-bond donors (Lipinski definition) is 1. The van der Waals surface area contributed by atoms with Crippen molar-refractivity contribution in [2.45, 2.75) is 45.6 Å². The van der Waals surface area contributed by atoms with Gasteiger partial charge in [0.1, 0.15) is 11.5 Å². The molecule has 0 saturated heterocycles. The molecule has 0 radical (unpaired) electrons. The number of aryl methyl sites for hydroxylation is 1. The molecule has 0 aliphatic rings. The average molecular weight is 258 g/mol. The van der Waals surface area contributed by atoms with Gasteiger partial charge in [-0.3, -0.25) is 0 Å². The van der Waals surface area contributed by atoms with E-state index in [1.807, 2.05) is 50.2 Å². The minimum atomic E-state index is -0.776. The second-order valence-corrected chi connectivity index (χ2v) is 4.91. The van der Waals surface area contributed by atoms with E-state index in [0.29, 0.717) is 12.8 Å². The van der Waals surface area contributed by atoms with Gasteiger partial charge in [0.05, 0.1) is 5.60 Å². The molecule has 1 aromatic heterocycles. The van der Waals surface area contributed by atoms with Gasteiger partial charge in [0.2, 0.25) is 0 Å².